The van der Waals surface area contributed by atoms with Crippen molar-refractivity contribution in [3.8, 4) is 0 Å². The zero-order chi connectivity index (χ0) is 12.4. The lowest BCUT2D eigenvalue weighted by Crippen LogP contribution is -2.38. The largest absolute Gasteiger partial charge is 0.337 e. The van der Waals surface area contributed by atoms with Crippen molar-refractivity contribution in [2.75, 3.05) is 20.1 Å². The van der Waals surface area contributed by atoms with Crippen LogP contribution in [0.15, 0.2) is 18.2 Å². The van der Waals surface area contributed by atoms with Gasteiger partial charge in [-0.15, -0.1) is 0 Å². The molecule has 0 unspecified atom stereocenters. The molecule has 92 valence electrons. The first-order valence-corrected chi connectivity index (χ1v) is 5.90. The number of hydrogen-bond acceptors (Lipinski definition) is 2. The number of benzene rings is 1. The van der Waals surface area contributed by atoms with E-state index in [2.05, 4.69) is 5.32 Å². The Bertz CT molecular complexity index is 433. The first-order chi connectivity index (χ1) is 8.09. The summed E-state index contributed by atoms with van der Waals surface area (Å²) in [7, 11) is 1.76. The second-order valence-corrected chi connectivity index (χ2v) is 4.60. The molecule has 0 radical (unpaired) electrons. The summed E-state index contributed by atoms with van der Waals surface area (Å²) in [6.45, 7) is 1.73. The van der Waals surface area contributed by atoms with Crippen LogP contribution in [0.4, 0.5) is 4.39 Å². The third kappa shape index (κ3) is 2.58. The fourth-order valence-corrected chi connectivity index (χ4v) is 2.15. The van der Waals surface area contributed by atoms with E-state index in [0.717, 1.165) is 19.5 Å². The molecule has 1 aromatic carbocycles. The molecule has 1 atom stereocenters. The highest BCUT2D eigenvalue weighted by molar-refractivity contribution is 6.31. The van der Waals surface area contributed by atoms with Crippen LogP contribution < -0.4 is 5.32 Å². The number of nitrogens with one attached hydrogen (secondary N) is 1. The van der Waals surface area contributed by atoms with Crippen molar-refractivity contribution in [1.82, 2.24) is 10.2 Å². The molecule has 1 aliphatic heterocycles. The Hall–Kier alpha value is -1.13. The van der Waals surface area contributed by atoms with E-state index in [1.807, 2.05) is 0 Å². The molecular formula is C12H14ClFN2O. The maximum Gasteiger partial charge on any atom is 0.253 e. The number of likely N-dealkylation sites (N-methyl/N-ethyl adjacent to an activating group) is 1. The predicted octanol–water partition coefficient (Wildman–Crippen LogP) is 1.91. The van der Waals surface area contributed by atoms with Gasteiger partial charge in [-0.1, -0.05) is 11.6 Å². The van der Waals surface area contributed by atoms with Crippen molar-refractivity contribution >= 4 is 17.5 Å². The summed E-state index contributed by atoms with van der Waals surface area (Å²) in [4.78, 5) is 13.8. The lowest BCUT2D eigenvalue weighted by Gasteiger charge is -2.23. The predicted molar refractivity (Wildman–Crippen MR) is 64.8 cm³/mol. The fraction of sp³-hybridized carbons (Fsp3) is 0.417. The minimum Gasteiger partial charge on any atom is -0.337 e. The highest BCUT2D eigenvalue weighted by Crippen LogP contribution is 2.18. The minimum absolute atomic E-state index is 0.0196. The molecule has 17 heavy (non-hydrogen) atoms. The first kappa shape index (κ1) is 12.3. The highest BCUT2D eigenvalue weighted by Gasteiger charge is 2.24. The second kappa shape index (κ2) is 5.02. The van der Waals surface area contributed by atoms with Crippen LogP contribution in [0, 0.1) is 5.82 Å². The molecule has 1 fully saturated rings. The SMILES string of the molecule is CN(C(=O)c1ccc(F)c(Cl)c1)[C@H]1CCNC1. The number of carbonyl (C=O) groups excluding carboxylic acids is 1. The van der Waals surface area contributed by atoms with E-state index >= 15 is 0 Å². The van der Waals surface area contributed by atoms with E-state index in [9.17, 15) is 9.18 Å². The summed E-state index contributed by atoms with van der Waals surface area (Å²) in [5, 5.41) is 3.18. The number of halogens is 2. The Balaban J connectivity index is 2.15. The molecule has 0 aromatic heterocycles. The average molecular weight is 257 g/mol. The molecule has 3 nitrogen and oxygen atoms in total. The zero-order valence-corrected chi connectivity index (χ0v) is 10.3. The van der Waals surface area contributed by atoms with E-state index in [0.29, 0.717) is 5.56 Å². The Kier molecular flexibility index (Phi) is 3.64. The zero-order valence-electron chi connectivity index (χ0n) is 9.54. The molecule has 1 aromatic rings. The van der Waals surface area contributed by atoms with Gasteiger partial charge in [0, 0.05) is 25.2 Å². The maximum absolute atomic E-state index is 13.0. The van der Waals surface area contributed by atoms with Crippen LogP contribution in [-0.4, -0.2) is 37.0 Å². The van der Waals surface area contributed by atoms with E-state index in [4.69, 9.17) is 11.6 Å². The van der Waals surface area contributed by atoms with Gasteiger partial charge >= 0.3 is 0 Å². The van der Waals surface area contributed by atoms with Crippen molar-refractivity contribution < 1.29 is 9.18 Å². The van der Waals surface area contributed by atoms with Gasteiger partial charge in [0.2, 0.25) is 0 Å². The Morgan fingerprint density at radius 1 is 1.59 bits per heavy atom. The summed E-state index contributed by atoms with van der Waals surface area (Å²) in [6, 6.07) is 4.25. The van der Waals surface area contributed by atoms with Gasteiger partial charge in [0.25, 0.3) is 5.91 Å². The summed E-state index contributed by atoms with van der Waals surface area (Å²) in [5.41, 5.74) is 0.422. The van der Waals surface area contributed by atoms with Gasteiger partial charge < -0.3 is 10.2 Å². The summed E-state index contributed by atoms with van der Waals surface area (Å²) in [5.74, 6) is -0.631. The number of amides is 1. The van der Waals surface area contributed by atoms with E-state index < -0.39 is 5.82 Å². The van der Waals surface area contributed by atoms with Crippen molar-refractivity contribution in [1.29, 1.82) is 0 Å². The van der Waals surface area contributed by atoms with Gasteiger partial charge in [0.1, 0.15) is 5.82 Å². The topological polar surface area (TPSA) is 32.3 Å². The van der Waals surface area contributed by atoms with Gasteiger partial charge in [-0.2, -0.15) is 0 Å². The van der Waals surface area contributed by atoms with Crippen LogP contribution in [0.5, 0.6) is 0 Å². The minimum atomic E-state index is -0.506. The van der Waals surface area contributed by atoms with Gasteiger partial charge in [-0.05, 0) is 31.2 Å². The second-order valence-electron chi connectivity index (χ2n) is 4.19. The van der Waals surface area contributed by atoms with Crippen LogP contribution in [0.1, 0.15) is 16.8 Å². The molecule has 0 bridgehead atoms. The summed E-state index contributed by atoms with van der Waals surface area (Å²) < 4.78 is 13.0. The lowest BCUT2D eigenvalue weighted by atomic mass is 10.1. The van der Waals surface area contributed by atoms with Crippen LogP contribution in [-0.2, 0) is 0 Å². The van der Waals surface area contributed by atoms with E-state index in [1.54, 1.807) is 11.9 Å². The quantitative estimate of drug-likeness (QED) is 0.877. The summed E-state index contributed by atoms with van der Waals surface area (Å²) in [6.07, 6.45) is 0.942. The molecule has 1 amide bonds. The van der Waals surface area contributed by atoms with Crippen molar-refractivity contribution in [2.45, 2.75) is 12.5 Å². The van der Waals surface area contributed by atoms with Gasteiger partial charge in [0.15, 0.2) is 0 Å². The van der Waals surface area contributed by atoms with Crippen molar-refractivity contribution in [2.24, 2.45) is 0 Å². The highest BCUT2D eigenvalue weighted by atomic mass is 35.5. The summed E-state index contributed by atoms with van der Waals surface area (Å²) >= 11 is 5.66. The van der Waals surface area contributed by atoms with Crippen LogP contribution in [0.25, 0.3) is 0 Å². The Morgan fingerprint density at radius 2 is 2.35 bits per heavy atom. The van der Waals surface area contributed by atoms with Crippen LogP contribution >= 0.6 is 11.6 Å². The number of rotatable bonds is 2. The van der Waals surface area contributed by atoms with Gasteiger partial charge in [-0.3, -0.25) is 4.79 Å². The van der Waals surface area contributed by atoms with Crippen molar-refractivity contribution in [3.63, 3.8) is 0 Å². The number of hydrogen-bond donors (Lipinski definition) is 1. The lowest BCUT2D eigenvalue weighted by molar-refractivity contribution is 0.0743. The molecule has 2 rings (SSSR count). The standard InChI is InChI=1S/C12H14ClFN2O/c1-16(9-4-5-15-7-9)12(17)8-2-3-11(14)10(13)6-8/h2-3,6,9,15H,4-5,7H2,1H3/t9-/m0/s1. The molecule has 1 saturated heterocycles. The van der Waals surface area contributed by atoms with Crippen LogP contribution in [0.2, 0.25) is 5.02 Å². The third-order valence-corrected chi connectivity index (χ3v) is 3.36. The average Bonchev–Trinajstić information content (AvgIpc) is 2.84. The fourth-order valence-electron chi connectivity index (χ4n) is 1.97. The number of carbonyl (C=O) groups is 1. The van der Waals surface area contributed by atoms with E-state index in [1.165, 1.54) is 18.2 Å². The molecule has 1 heterocycles. The molecule has 5 heteroatoms. The van der Waals surface area contributed by atoms with Crippen molar-refractivity contribution in [3.05, 3.63) is 34.6 Å². The molecular weight excluding hydrogens is 243 g/mol. The smallest absolute Gasteiger partial charge is 0.253 e. The van der Waals surface area contributed by atoms with E-state index in [-0.39, 0.29) is 17.0 Å². The first-order valence-electron chi connectivity index (χ1n) is 5.52. The maximum atomic E-state index is 13.0. The van der Waals surface area contributed by atoms with Gasteiger partial charge in [-0.25, -0.2) is 4.39 Å². The van der Waals surface area contributed by atoms with Crippen LogP contribution in [0.3, 0.4) is 0 Å². The third-order valence-electron chi connectivity index (χ3n) is 3.07. The normalized spacial score (nSPS) is 19.4. The molecule has 1 N–H and O–H groups in total. The molecule has 0 saturated carbocycles. The Labute approximate surface area is 105 Å². The van der Waals surface area contributed by atoms with Gasteiger partial charge in [0.05, 0.1) is 5.02 Å². The Morgan fingerprint density at radius 3 is 2.94 bits per heavy atom. The molecule has 0 spiro atoms. The molecule has 1 aliphatic rings. The number of nitrogens with zero attached hydrogens (tertiary/aromatic N) is 1. The monoisotopic (exact) mass is 256 g/mol. The molecule has 0 aliphatic carbocycles.